The van der Waals surface area contributed by atoms with Gasteiger partial charge in [0.1, 0.15) is 5.03 Å². The molecule has 0 saturated carbocycles. The first-order valence-electron chi connectivity index (χ1n) is 5.11. The highest BCUT2D eigenvalue weighted by Crippen LogP contribution is 2.25. The van der Waals surface area contributed by atoms with Crippen LogP contribution in [0.5, 0.6) is 0 Å². The van der Waals surface area contributed by atoms with Crippen molar-refractivity contribution in [2.24, 2.45) is 5.92 Å². The van der Waals surface area contributed by atoms with E-state index in [9.17, 15) is 4.79 Å². The number of hydrogen-bond acceptors (Lipinski definition) is 5. The maximum Gasteiger partial charge on any atom is 0.358 e. The predicted octanol–water partition coefficient (Wildman–Crippen LogP) is 2.40. The first kappa shape index (κ1) is 13.0. The van der Waals surface area contributed by atoms with E-state index >= 15 is 0 Å². The van der Waals surface area contributed by atoms with Crippen molar-refractivity contribution >= 4 is 17.7 Å². The van der Waals surface area contributed by atoms with Crippen LogP contribution in [0.25, 0.3) is 0 Å². The van der Waals surface area contributed by atoms with E-state index in [2.05, 4.69) is 35.5 Å². The Kier molecular flexibility index (Phi) is 4.73. The number of carbonyl (C=O) groups is 1. The smallest absolute Gasteiger partial charge is 0.358 e. The molecule has 0 aliphatic carbocycles. The van der Waals surface area contributed by atoms with Crippen LogP contribution >= 0.6 is 11.8 Å². The molecule has 1 unspecified atom stereocenters. The number of hydrogen-bond donors (Lipinski definition) is 0. The van der Waals surface area contributed by atoms with Crippen LogP contribution in [0.15, 0.2) is 17.4 Å². The maximum atomic E-state index is 11.1. The van der Waals surface area contributed by atoms with Crippen LogP contribution in [-0.4, -0.2) is 28.3 Å². The van der Waals surface area contributed by atoms with Gasteiger partial charge in [0.15, 0.2) is 5.69 Å². The van der Waals surface area contributed by atoms with Gasteiger partial charge in [-0.1, -0.05) is 20.8 Å². The average Bonchev–Trinajstić information content (AvgIpc) is 2.28. The van der Waals surface area contributed by atoms with Gasteiger partial charge in [-0.15, -0.1) is 11.8 Å². The van der Waals surface area contributed by atoms with Crippen LogP contribution in [0.4, 0.5) is 0 Å². The zero-order valence-corrected chi connectivity index (χ0v) is 10.7. The van der Waals surface area contributed by atoms with Gasteiger partial charge in [0.05, 0.1) is 19.5 Å². The molecule has 1 aromatic rings. The SMILES string of the molecule is COC(=O)c1cnc(SC(C)C(C)C)cn1. The minimum absolute atomic E-state index is 0.240. The number of ether oxygens (including phenoxy) is 1. The lowest BCUT2D eigenvalue weighted by Crippen LogP contribution is -2.07. The van der Waals surface area contributed by atoms with Crippen molar-refractivity contribution in [2.75, 3.05) is 7.11 Å². The van der Waals surface area contributed by atoms with E-state index in [0.717, 1.165) is 5.03 Å². The molecule has 16 heavy (non-hydrogen) atoms. The fourth-order valence-corrected chi connectivity index (χ4v) is 1.79. The van der Waals surface area contributed by atoms with Crippen molar-refractivity contribution in [2.45, 2.75) is 31.0 Å². The molecule has 88 valence electrons. The zero-order chi connectivity index (χ0) is 12.1. The lowest BCUT2D eigenvalue weighted by Gasteiger charge is -2.13. The van der Waals surface area contributed by atoms with Gasteiger partial charge in [-0.25, -0.2) is 14.8 Å². The molecular weight excluding hydrogens is 224 g/mol. The summed E-state index contributed by atoms with van der Waals surface area (Å²) in [5.74, 6) is 0.119. The second-order valence-electron chi connectivity index (χ2n) is 3.80. The molecule has 5 heteroatoms. The van der Waals surface area contributed by atoms with Crippen molar-refractivity contribution in [1.29, 1.82) is 0 Å². The van der Waals surface area contributed by atoms with Gasteiger partial charge in [0, 0.05) is 5.25 Å². The Morgan fingerprint density at radius 2 is 2.00 bits per heavy atom. The lowest BCUT2D eigenvalue weighted by atomic mass is 10.2. The third-order valence-electron chi connectivity index (χ3n) is 2.27. The minimum Gasteiger partial charge on any atom is -0.464 e. The van der Waals surface area contributed by atoms with E-state index in [4.69, 9.17) is 0 Å². The maximum absolute atomic E-state index is 11.1. The molecule has 0 radical (unpaired) electrons. The fraction of sp³-hybridized carbons (Fsp3) is 0.545. The van der Waals surface area contributed by atoms with E-state index in [-0.39, 0.29) is 5.69 Å². The van der Waals surface area contributed by atoms with Crippen LogP contribution < -0.4 is 0 Å². The highest BCUT2D eigenvalue weighted by atomic mass is 32.2. The average molecular weight is 240 g/mol. The molecule has 4 nitrogen and oxygen atoms in total. The molecule has 0 fully saturated rings. The van der Waals surface area contributed by atoms with E-state index in [1.54, 1.807) is 18.0 Å². The van der Waals surface area contributed by atoms with Crippen molar-refractivity contribution < 1.29 is 9.53 Å². The fourth-order valence-electron chi connectivity index (χ4n) is 0.914. The third kappa shape index (κ3) is 3.48. The Hall–Kier alpha value is -1.10. The highest BCUT2D eigenvalue weighted by Gasteiger charge is 2.11. The summed E-state index contributed by atoms with van der Waals surface area (Å²) in [6.45, 7) is 6.47. The summed E-state index contributed by atoms with van der Waals surface area (Å²) in [5.41, 5.74) is 0.240. The van der Waals surface area contributed by atoms with E-state index in [1.165, 1.54) is 13.3 Å². The third-order valence-corrected chi connectivity index (χ3v) is 3.64. The van der Waals surface area contributed by atoms with Gasteiger partial charge in [-0.2, -0.15) is 0 Å². The minimum atomic E-state index is -0.457. The standard InChI is InChI=1S/C11H16N2O2S/c1-7(2)8(3)16-10-6-12-9(5-13-10)11(14)15-4/h5-8H,1-4H3. The normalized spacial score (nSPS) is 12.6. The summed E-state index contributed by atoms with van der Waals surface area (Å²) in [4.78, 5) is 19.3. The quantitative estimate of drug-likeness (QED) is 0.597. The van der Waals surface area contributed by atoms with Crippen LogP contribution in [0.3, 0.4) is 0 Å². The highest BCUT2D eigenvalue weighted by molar-refractivity contribution is 7.99. The van der Waals surface area contributed by atoms with E-state index in [1.807, 2.05) is 0 Å². The van der Waals surface area contributed by atoms with E-state index < -0.39 is 5.97 Å². The molecule has 1 rings (SSSR count). The zero-order valence-electron chi connectivity index (χ0n) is 9.93. The Bertz CT molecular complexity index is 352. The Morgan fingerprint density at radius 1 is 1.31 bits per heavy atom. The first-order chi connectivity index (χ1) is 7.54. The molecule has 1 heterocycles. The molecule has 0 aliphatic rings. The summed E-state index contributed by atoms with van der Waals surface area (Å²) >= 11 is 1.65. The van der Waals surface area contributed by atoms with Gasteiger partial charge >= 0.3 is 5.97 Å². The Balaban J connectivity index is 2.68. The molecule has 1 atom stereocenters. The number of nitrogens with zero attached hydrogens (tertiary/aromatic N) is 2. The van der Waals surface area contributed by atoms with Gasteiger partial charge < -0.3 is 4.74 Å². The van der Waals surface area contributed by atoms with Gasteiger partial charge in [0.25, 0.3) is 0 Å². The molecule has 1 aromatic heterocycles. The number of rotatable bonds is 4. The number of methoxy groups -OCH3 is 1. The summed E-state index contributed by atoms with van der Waals surface area (Å²) < 4.78 is 4.55. The summed E-state index contributed by atoms with van der Waals surface area (Å²) in [6.07, 6.45) is 3.05. The number of esters is 1. The first-order valence-corrected chi connectivity index (χ1v) is 5.99. The largest absolute Gasteiger partial charge is 0.464 e. The molecule has 0 amide bonds. The van der Waals surface area contributed by atoms with Crippen molar-refractivity contribution in [3.8, 4) is 0 Å². The second-order valence-corrected chi connectivity index (χ2v) is 5.20. The number of thioether (sulfide) groups is 1. The second kappa shape index (κ2) is 5.84. The predicted molar refractivity (Wildman–Crippen MR) is 63.5 cm³/mol. The van der Waals surface area contributed by atoms with Crippen LogP contribution in [-0.2, 0) is 4.74 Å². The molecule has 0 aliphatic heterocycles. The summed E-state index contributed by atoms with van der Waals surface area (Å²) in [7, 11) is 1.33. The van der Waals surface area contributed by atoms with Gasteiger partial charge in [0.2, 0.25) is 0 Å². The molecule has 0 spiro atoms. The Labute approximate surface area is 99.8 Å². The van der Waals surface area contributed by atoms with Crippen molar-refractivity contribution in [3.05, 3.63) is 18.1 Å². The van der Waals surface area contributed by atoms with E-state index in [0.29, 0.717) is 11.2 Å². The monoisotopic (exact) mass is 240 g/mol. The van der Waals surface area contributed by atoms with Crippen LogP contribution in [0.2, 0.25) is 0 Å². The summed E-state index contributed by atoms with van der Waals surface area (Å²) in [6, 6.07) is 0. The van der Waals surface area contributed by atoms with Crippen molar-refractivity contribution in [1.82, 2.24) is 9.97 Å². The molecule has 0 aromatic carbocycles. The van der Waals surface area contributed by atoms with Crippen LogP contribution in [0.1, 0.15) is 31.3 Å². The summed E-state index contributed by atoms with van der Waals surface area (Å²) in [5, 5.41) is 1.30. The molecule has 0 bridgehead atoms. The van der Waals surface area contributed by atoms with Crippen LogP contribution in [0, 0.1) is 5.92 Å². The molecule has 0 saturated heterocycles. The topological polar surface area (TPSA) is 52.1 Å². The van der Waals surface area contributed by atoms with Gasteiger partial charge in [-0.3, -0.25) is 0 Å². The number of aromatic nitrogens is 2. The van der Waals surface area contributed by atoms with Gasteiger partial charge in [-0.05, 0) is 5.92 Å². The molecular formula is C11H16N2O2S. The number of carbonyl (C=O) groups excluding carboxylic acids is 1. The Morgan fingerprint density at radius 3 is 2.44 bits per heavy atom. The van der Waals surface area contributed by atoms with Crippen molar-refractivity contribution in [3.63, 3.8) is 0 Å². The molecule has 0 N–H and O–H groups in total. The lowest BCUT2D eigenvalue weighted by molar-refractivity contribution is 0.0593.